The molecule has 1 fully saturated rings. The third-order valence-corrected chi connectivity index (χ3v) is 5.62. The van der Waals surface area contributed by atoms with E-state index in [-0.39, 0.29) is 12.1 Å². The van der Waals surface area contributed by atoms with Gasteiger partial charge in [0.1, 0.15) is 0 Å². The Morgan fingerprint density at radius 2 is 2.05 bits per heavy atom. The summed E-state index contributed by atoms with van der Waals surface area (Å²) in [6.07, 6.45) is 3.81. The van der Waals surface area contributed by atoms with Gasteiger partial charge in [-0.05, 0) is 30.5 Å². The van der Waals surface area contributed by atoms with Gasteiger partial charge in [-0.25, -0.2) is 13.1 Å². The normalized spacial score (nSPS) is 24.3. The van der Waals surface area contributed by atoms with E-state index < -0.39 is 10.0 Å². The summed E-state index contributed by atoms with van der Waals surface area (Å²) in [5.74, 6) is 0. The van der Waals surface area contributed by atoms with E-state index >= 15 is 0 Å². The van der Waals surface area contributed by atoms with Gasteiger partial charge in [0.2, 0.25) is 10.0 Å². The zero-order valence-corrected chi connectivity index (χ0v) is 13.1. The van der Waals surface area contributed by atoms with Crippen molar-refractivity contribution in [1.82, 2.24) is 4.72 Å². The van der Waals surface area contributed by atoms with E-state index in [4.69, 9.17) is 5.73 Å². The fourth-order valence-corrected chi connectivity index (χ4v) is 4.11. The Morgan fingerprint density at radius 3 is 2.74 bits per heavy atom. The number of halogens is 1. The van der Waals surface area contributed by atoms with Gasteiger partial charge in [-0.3, -0.25) is 0 Å². The molecule has 19 heavy (non-hydrogen) atoms. The van der Waals surface area contributed by atoms with Crippen LogP contribution in [0.3, 0.4) is 0 Å². The summed E-state index contributed by atoms with van der Waals surface area (Å²) < 4.78 is 27.4. The number of benzene rings is 1. The maximum Gasteiger partial charge on any atom is 0.240 e. The smallest absolute Gasteiger partial charge is 0.240 e. The van der Waals surface area contributed by atoms with Crippen LogP contribution in [-0.2, 0) is 15.4 Å². The molecule has 0 heterocycles. The number of hydrogen-bond donors (Lipinski definition) is 2. The Balaban J connectivity index is 2.17. The van der Waals surface area contributed by atoms with E-state index in [1.165, 1.54) is 0 Å². The average Bonchev–Trinajstić information content (AvgIpc) is 2.41. The Kier molecular flexibility index (Phi) is 5.00. The molecule has 3 N–H and O–H groups in total. The third kappa shape index (κ3) is 3.78. The van der Waals surface area contributed by atoms with Crippen molar-refractivity contribution in [1.29, 1.82) is 0 Å². The standard InChI is InChI=1S/C13H19BrN2O2S/c14-9-10-4-3-5-11(8-10)19(17,18)16-13-7-2-1-6-12(13)15/h3-5,8,12-13,16H,1-2,6-7,9,15H2/t12-,13+/m1/s1. The van der Waals surface area contributed by atoms with Gasteiger partial charge in [0.05, 0.1) is 4.90 Å². The van der Waals surface area contributed by atoms with Gasteiger partial charge in [-0.1, -0.05) is 40.9 Å². The van der Waals surface area contributed by atoms with Crippen molar-refractivity contribution in [3.8, 4) is 0 Å². The fourth-order valence-electron chi connectivity index (χ4n) is 2.37. The summed E-state index contributed by atoms with van der Waals surface area (Å²) in [6, 6.07) is 6.72. The predicted molar refractivity (Wildman–Crippen MR) is 79.6 cm³/mol. The first kappa shape index (κ1) is 15.0. The van der Waals surface area contributed by atoms with Crippen molar-refractivity contribution in [3.05, 3.63) is 29.8 Å². The van der Waals surface area contributed by atoms with Gasteiger partial charge >= 0.3 is 0 Å². The van der Waals surface area contributed by atoms with Crippen molar-refractivity contribution in [3.63, 3.8) is 0 Å². The second kappa shape index (κ2) is 6.35. The van der Waals surface area contributed by atoms with Crippen molar-refractivity contribution in [2.24, 2.45) is 5.73 Å². The zero-order valence-electron chi connectivity index (χ0n) is 10.7. The maximum atomic E-state index is 12.3. The van der Waals surface area contributed by atoms with Crippen molar-refractivity contribution >= 4 is 26.0 Å². The van der Waals surface area contributed by atoms with E-state index in [0.29, 0.717) is 10.2 Å². The van der Waals surface area contributed by atoms with Crippen molar-refractivity contribution in [2.45, 2.75) is 48.0 Å². The van der Waals surface area contributed by atoms with Crippen LogP contribution in [0, 0.1) is 0 Å². The molecule has 0 spiro atoms. The Morgan fingerprint density at radius 1 is 1.32 bits per heavy atom. The monoisotopic (exact) mass is 346 g/mol. The van der Waals surface area contributed by atoms with Crippen LogP contribution < -0.4 is 10.5 Å². The summed E-state index contributed by atoms with van der Waals surface area (Å²) in [7, 11) is -3.48. The molecule has 0 saturated heterocycles. The first-order valence-corrected chi connectivity index (χ1v) is 9.06. The number of hydrogen-bond acceptors (Lipinski definition) is 3. The molecule has 2 atom stereocenters. The molecule has 1 aliphatic rings. The highest BCUT2D eigenvalue weighted by molar-refractivity contribution is 9.08. The molecule has 1 aliphatic carbocycles. The Hall–Kier alpha value is -0.430. The summed E-state index contributed by atoms with van der Waals surface area (Å²) in [5.41, 5.74) is 6.93. The lowest BCUT2D eigenvalue weighted by molar-refractivity contribution is 0.361. The third-order valence-electron chi connectivity index (χ3n) is 3.49. The minimum Gasteiger partial charge on any atom is -0.326 e. The molecule has 0 unspecified atom stereocenters. The van der Waals surface area contributed by atoms with E-state index in [0.717, 1.165) is 31.2 Å². The molecule has 0 bridgehead atoms. The molecule has 1 aromatic rings. The van der Waals surface area contributed by atoms with Crippen LogP contribution in [-0.4, -0.2) is 20.5 Å². The maximum absolute atomic E-state index is 12.3. The van der Waals surface area contributed by atoms with Gasteiger partial charge in [0.15, 0.2) is 0 Å². The first-order chi connectivity index (χ1) is 9.03. The molecular formula is C13H19BrN2O2S. The quantitative estimate of drug-likeness (QED) is 0.820. The highest BCUT2D eigenvalue weighted by Gasteiger charge is 2.27. The molecule has 1 aromatic carbocycles. The van der Waals surface area contributed by atoms with Crippen LogP contribution in [0.15, 0.2) is 29.2 Å². The number of sulfonamides is 1. The van der Waals surface area contributed by atoms with E-state index in [1.807, 2.05) is 6.07 Å². The van der Waals surface area contributed by atoms with E-state index in [1.54, 1.807) is 18.2 Å². The van der Waals surface area contributed by atoms with Gasteiger partial charge < -0.3 is 5.73 Å². The van der Waals surface area contributed by atoms with Gasteiger partial charge in [-0.15, -0.1) is 0 Å². The fraction of sp³-hybridized carbons (Fsp3) is 0.538. The number of nitrogens with two attached hydrogens (primary N) is 1. The highest BCUT2D eigenvalue weighted by Crippen LogP contribution is 2.20. The lowest BCUT2D eigenvalue weighted by atomic mass is 9.92. The number of rotatable bonds is 4. The summed E-state index contributed by atoms with van der Waals surface area (Å²) in [5, 5.41) is 0.638. The van der Waals surface area contributed by atoms with Crippen LogP contribution in [0.1, 0.15) is 31.2 Å². The Labute approximate surface area is 122 Å². The molecule has 0 amide bonds. The summed E-state index contributed by atoms with van der Waals surface area (Å²) >= 11 is 3.33. The van der Waals surface area contributed by atoms with Crippen LogP contribution in [0.25, 0.3) is 0 Å². The molecule has 106 valence electrons. The zero-order chi connectivity index (χ0) is 13.9. The SMILES string of the molecule is N[C@@H]1CCCC[C@@H]1NS(=O)(=O)c1cccc(CBr)c1. The van der Waals surface area contributed by atoms with Gasteiger partial charge in [-0.2, -0.15) is 0 Å². The molecule has 2 rings (SSSR count). The summed E-state index contributed by atoms with van der Waals surface area (Å²) in [6.45, 7) is 0. The number of nitrogens with one attached hydrogen (secondary N) is 1. The molecule has 1 saturated carbocycles. The second-order valence-corrected chi connectivity index (χ2v) is 7.23. The van der Waals surface area contributed by atoms with Crippen LogP contribution in [0.4, 0.5) is 0 Å². The van der Waals surface area contributed by atoms with Crippen LogP contribution in [0.2, 0.25) is 0 Å². The molecular weight excluding hydrogens is 328 g/mol. The average molecular weight is 347 g/mol. The van der Waals surface area contributed by atoms with Crippen LogP contribution >= 0.6 is 15.9 Å². The second-order valence-electron chi connectivity index (χ2n) is 4.96. The van der Waals surface area contributed by atoms with Gasteiger partial charge in [0.25, 0.3) is 0 Å². The summed E-state index contributed by atoms with van der Waals surface area (Å²) in [4.78, 5) is 0.308. The predicted octanol–water partition coefficient (Wildman–Crippen LogP) is 2.13. The topological polar surface area (TPSA) is 72.2 Å². The Bertz CT molecular complexity index is 533. The molecule has 0 aliphatic heterocycles. The molecule has 0 radical (unpaired) electrons. The van der Waals surface area contributed by atoms with Gasteiger partial charge in [0, 0.05) is 17.4 Å². The minimum atomic E-state index is -3.48. The lowest BCUT2D eigenvalue weighted by Gasteiger charge is -2.29. The number of alkyl halides is 1. The van der Waals surface area contributed by atoms with E-state index in [2.05, 4.69) is 20.7 Å². The largest absolute Gasteiger partial charge is 0.326 e. The minimum absolute atomic E-state index is 0.0807. The van der Waals surface area contributed by atoms with E-state index in [9.17, 15) is 8.42 Å². The lowest BCUT2D eigenvalue weighted by Crippen LogP contribution is -2.49. The van der Waals surface area contributed by atoms with Crippen molar-refractivity contribution in [2.75, 3.05) is 0 Å². The van der Waals surface area contributed by atoms with Crippen molar-refractivity contribution < 1.29 is 8.42 Å². The molecule has 0 aromatic heterocycles. The molecule has 4 nitrogen and oxygen atoms in total. The van der Waals surface area contributed by atoms with Crippen LogP contribution in [0.5, 0.6) is 0 Å². The molecule has 6 heteroatoms. The first-order valence-electron chi connectivity index (χ1n) is 6.46. The highest BCUT2D eigenvalue weighted by atomic mass is 79.9.